The maximum atomic E-state index is 11.8. The highest BCUT2D eigenvalue weighted by atomic mass is 32.2. The summed E-state index contributed by atoms with van der Waals surface area (Å²) >= 11 is 0. The lowest BCUT2D eigenvalue weighted by Crippen LogP contribution is -2.43. The highest BCUT2D eigenvalue weighted by Gasteiger charge is 2.49. The van der Waals surface area contributed by atoms with Crippen LogP contribution in [0.4, 0.5) is 13.2 Å². The zero-order chi connectivity index (χ0) is 11.7. The fraction of sp³-hybridized carbons (Fsp3) is 0.667. The molecule has 0 N–H and O–H groups in total. The van der Waals surface area contributed by atoms with Crippen molar-refractivity contribution in [2.24, 2.45) is 0 Å². The number of carbonyl (C=O) groups excluding carboxylic acids is 2. The number of rotatable bonds is 3. The summed E-state index contributed by atoms with van der Waals surface area (Å²) in [4.78, 5) is 21.1. The standard InChI is InChI=1S/C6H7F3O4S/c1-3(10)4(14(2,12)13)5(11)6(7,8)9/h4H,1-2H3. The van der Waals surface area contributed by atoms with Crippen LogP contribution in [-0.4, -0.2) is 37.7 Å². The van der Waals surface area contributed by atoms with E-state index in [9.17, 15) is 31.2 Å². The van der Waals surface area contributed by atoms with Gasteiger partial charge in [0.2, 0.25) is 0 Å². The normalized spacial score (nSPS) is 14.9. The van der Waals surface area contributed by atoms with Gasteiger partial charge in [0.15, 0.2) is 20.9 Å². The fourth-order valence-electron chi connectivity index (χ4n) is 0.829. The van der Waals surface area contributed by atoms with Crippen molar-refractivity contribution < 1.29 is 31.2 Å². The Morgan fingerprint density at radius 2 is 1.57 bits per heavy atom. The molecule has 0 aromatic heterocycles. The SMILES string of the molecule is CC(=O)C(C(=O)C(F)(F)F)S(C)(=O)=O. The summed E-state index contributed by atoms with van der Waals surface area (Å²) < 4.78 is 56.9. The zero-order valence-corrected chi connectivity index (χ0v) is 8.07. The van der Waals surface area contributed by atoms with Gasteiger partial charge in [-0.1, -0.05) is 0 Å². The van der Waals surface area contributed by atoms with E-state index in [1.807, 2.05) is 0 Å². The third-order valence-corrected chi connectivity index (χ3v) is 2.72. The second-order valence-corrected chi connectivity index (χ2v) is 4.81. The number of sulfone groups is 1. The van der Waals surface area contributed by atoms with Crippen LogP contribution in [0.25, 0.3) is 0 Å². The maximum Gasteiger partial charge on any atom is 0.451 e. The van der Waals surface area contributed by atoms with Crippen LogP contribution in [0.1, 0.15) is 6.92 Å². The smallest absolute Gasteiger partial charge is 0.298 e. The van der Waals surface area contributed by atoms with E-state index in [0.29, 0.717) is 13.2 Å². The summed E-state index contributed by atoms with van der Waals surface area (Å²) in [5, 5.41) is -2.64. The molecule has 0 fully saturated rings. The molecule has 0 aliphatic heterocycles. The monoisotopic (exact) mass is 232 g/mol. The zero-order valence-electron chi connectivity index (χ0n) is 7.25. The van der Waals surface area contributed by atoms with Crippen molar-refractivity contribution in [3.63, 3.8) is 0 Å². The molecular formula is C6H7F3O4S. The summed E-state index contributed by atoms with van der Waals surface area (Å²) in [5.41, 5.74) is 0. The molecule has 0 heterocycles. The van der Waals surface area contributed by atoms with Crippen LogP contribution < -0.4 is 0 Å². The first-order valence-corrected chi connectivity index (χ1v) is 5.23. The first-order chi connectivity index (χ1) is 5.98. The second kappa shape index (κ2) is 3.68. The molecule has 0 amide bonds. The molecule has 0 radical (unpaired) electrons. The Morgan fingerprint density at radius 1 is 1.21 bits per heavy atom. The predicted octanol–water partition coefficient (Wildman–Crippen LogP) is 0.120. The van der Waals surface area contributed by atoms with E-state index in [1.165, 1.54) is 0 Å². The lowest BCUT2D eigenvalue weighted by molar-refractivity contribution is -0.171. The van der Waals surface area contributed by atoms with Crippen LogP contribution in [0.5, 0.6) is 0 Å². The Bertz CT molecular complexity index is 354. The van der Waals surface area contributed by atoms with Gasteiger partial charge in [0.05, 0.1) is 0 Å². The highest BCUT2D eigenvalue weighted by molar-refractivity contribution is 7.92. The molecule has 82 valence electrons. The van der Waals surface area contributed by atoms with Gasteiger partial charge in [-0.3, -0.25) is 9.59 Å². The third kappa shape index (κ3) is 3.09. The van der Waals surface area contributed by atoms with E-state index in [0.717, 1.165) is 0 Å². The van der Waals surface area contributed by atoms with Crippen molar-refractivity contribution in [2.75, 3.05) is 6.26 Å². The summed E-state index contributed by atoms with van der Waals surface area (Å²) in [5.74, 6) is -3.89. The number of halogens is 3. The number of hydrogen-bond acceptors (Lipinski definition) is 4. The van der Waals surface area contributed by atoms with Crippen molar-refractivity contribution in [2.45, 2.75) is 18.3 Å². The van der Waals surface area contributed by atoms with Crippen molar-refractivity contribution in [3.8, 4) is 0 Å². The molecule has 8 heteroatoms. The van der Waals surface area contributed by atoms with Gasteiger partial charge in [-0.05, 0) is 6.92 Å². The van der Waals surface area contributed by atoms with E-state index in [2.05, 4.69) is 0 Å². The molecule has 0 saturated carbocycles. The van der Waals surface area contributed by atoms with Crippen LogP contribution in [0.2, 0.25) is 0 Å². The minimum absolute atomic E-state index is 0.405. The molecule has 0 rings (SSSR count). The molecule has 0 spiro atoms. The molecule has 0 aliphatic rings. The molecular weight excluding hydrogens is 225 g/mol. The number of hydrogen-bond donors (Lipinski definition) is 0. The Hall–Kier alpha value is -0.920. The van der Waals surface area contributed by atoms with Crippen LogP contribution in [0.3, 0.4) is 0 Å². The predicted molar refractivity (Wildman–Crippen MR) is 40.4 cm³/mol. The van der Waals surface area contributed by atoms with Gasteiger partial charge >= 0.3 is 6.18 Å². The lowest BCUT2D eigenvalue weighted by atomic mass is 10.2. The fourth-order valence-corrected chi connectivity index (χ4v) is 1.95. The minimum Gasteiger partial charge on any atom is -0.298 e. The largest absolute Gasteiger partial charge is 0.451 e. The van der Waals surface area contributed by atoms with Gasteiger partial charge in [0.1, 0.15) is 0 Å². The molecule has 14 heavy (non-hydrogen) atoms. The average Bonchev–Trinajstić information content (AvgIpc) is 1.79. The van der Waals surface area contributed by atoms with Crippen molar-refractivity contribution in [3.05, 3.63) is 0 Å². The first-order valence-electron chi connectivity index (χ1n) is 3.28. The highest BCUT2D eigenvalue weighted by Crippen LogP contribution is 2.21. The van der Waals surface area contributed by atoms with Crippen LogP contribution in [-0.2, 0) is 19.4 Å². The van der Waals surface area contributed by atoms with E-state index in [1.54, 1.807) is 0 Å². The minimum atomic E-state index is -5.32. The number of carbonyl (C=O) groups is 2. The summed E-state index contributed by atoms with van der Waals surface area (Å²) in [7, 11) is -4.37. The van der Waals surface area contributed by atoms with Gasteiger partial charge in [0, 0.05) is 6.26 Å². The van der Waals surface area contributed by atoms with Crippen LogP contribution in [0.15, 0.2) is 0 Å². The Kier molecular flexibility index (Phi) is 3.44. The van der Waals surface area contributed by atoms with E-state index >= 15 is 0 Å². The Labute approximate surface area is 78.0 Å². The van der Waals surface area contributed by atoms with Gasteiger partial charge in [-0.25, -0.2) is 8.42 Å². The maximum absolute atomic E-state index is 11.8. The van der Waals surface area contributed by atoms with Crippen molar-refractivity contribution >= 4 is 21.4 Å². The van der Waals surface area contributed by atoms with Gasteiger partial charge < -0.3 is 0 Å². The molecule has 0 aromatic carbocycles. The van der Waals surface area contributed by atoms with E-state index < -0.39 is 32.8 Å². The molecule has 1 atom stereocenters. The average molecular weight is 232 g/mol. The summed E-state index contributed by atoms with van der Waals surface area (Å²) in [6, 6.07) is 0. The third-order valence-electron chi connectivity index (χ3n) is 1.31. The van der Waals surface area contributed by atoms with Crippen LogP contribution in [0, 0.1) is 0 Å². The van der Waals surface area contributed by atoms with Crippen molar-refractivity contribution in [1.29, 1.82) is 0 Å². The molecule has 4 nitrogen and oxygen atoms in total. The van der Waals surface area contributed by atoms with Crippen LogP contribution >= 0.6 is 0 Å². The molecule has 0 aliphatic carbocycles. The molecule has 0 saturated heterocycles. The van der Waals surface area contributed by atoms with E-state index in [-0.39, 0.29) is 0 Å². The Balaban J connectivity index is 5.29. The van der Waals surface area contributed by atoms with Gasteiger partial charge in [-0.15, -0.1) is 0 Å². The molecule has 0 aromatic rings. The number of Topliss-reactive ketones (excluding diaryl/α,β-unsaturated/α-hetero) is 2. The summed E-state index contributed by atoms with van der Waals surface area (Å²) in [6.45, 7) is 0.620. The molecule has 0 bridgehead atoms. The second-order valence-electron chi connectivity index (χ2n) is 2.68. The summed E-state index contributed by atoms with van der Waals surface area (Å²) in [6.07, 6.45) is -4.91. The lowest BCUT2D eigenvalue weighted by Gasteiger charge is -2.12. The first kappa shape index (κ1) is 13.1. The number of ketones is 2. The quantitative estimate of drug-likeness (QED) is 0.648. The van der Waals surface area contributed by atoms with Gasteiger partial charge in [0.25, 0.3) is 5.78 Å². The molecule has 1 unspecified atom stereocenters. The van der Waals surface area contributed by atoms with Crippen molar-refractivity contribution in [1.82, 2.24) is 0 Å². The Morgan fingerprint density at radius 3 is 1.64 bits per heavy atom. The topological polar surface area (TPSA) is 68.3 Å². The van der Waals surface area contributed by atoms with E-state index in [4.69, 9.17) is 0 Å². The number of alkyl halides is 3. The van der Waals surface area contributed by atoms with Gasteiger partial charge in [-0.2, -0.15) is 13.2 Å².